The van der Waals surface area contributed by atoms with Crippen LogP contribution < -0.4 is 10.2 Å². The minimum atomic E-state index is -4.69. The van der Waals surface area contributed by atoms with Crippen LogP contribution in [0.3, 0.4) is 0 Å². The Hall–Kier alpha value is -3.25. The Morgan fingerprint density at radius 1 is 1.02 bits per heavy atom. The molecular weight excluding hydrogens is 549 g/mol. The van der Waals surface area contributed by atoms with Crippen molar-refractivity contribution in [3.63, 3.8) is 0 Å². The second-order valence-corrected chi connectivity index (χ2v) is 11.0. The molecule has 2 atom stereocenters. The summed E-state index contributed by atoms with van der Waals surface area (Å²) in [6.45, 7) is 2.83. The van der Waals surface area contributed by atoms with Crippen molar-refractivity contribution in [1.82, 2.24) is 10.2 Å². The first-order valence-corrected chi connectivity index (χ1v) is 13.8. The Balaban J connectivity index is 1.19. The fraction of sp³-hybridized carbons (Fsp3) is 0.517. The van der Waals surface area contributed by atoms with Crippen LogP contribution in [0.1, 0.15) is 53.6 Å². The van der Waals surface area contributed by atoms with Crippen LogP contribution in [0, 0.1) is 17.6 Å². The lowest BCUT2D eigenvalue weighted by Crippen LogP contribution is -2.57. The SMILES string of the molecule is O=C(O)c1cc(N2CCCN(C3CC[C@@](C(=O)NCc4cc(F)cc(C(F)(F)F)c4)(C4CC4)OC3)CC2)ccc1F. The summed E-state index contributed by atoms with van der Waals surface area (Å²) in [6, 6.07) is 6.41. The van der Waals surface area contributed by atoms with Crippen molar-refractivity contribution in [3.8, 4) is 0 Å². The smallest absolute Gasteiger partial charge is 0.416 e. The molecule has 3 fully saturated rings. The number of anilines is 1. The van der Waals surface area contributed by atoms with Gasteiger partial charge in [-0.1, -0.05) is 0 Å². The summed E-state index contributed by atoms with van der Waals surface area (Å²) in [5.41, 5.74) is -1.85. The molecule has 2 saturated heterocycles. The zero-order valence-corrected chi connectivity index (χ0v) is 22.4. The lowest BCUT2D eigenvalue weighted by Gasteiger charge is -2.42. The first kappa shape index (κ1) is 29.2. The minimum Gasteiger partial charge on any atom is -0.478 e. The van der Waals surface area contributed by atoms with E-state index in [9.17, 15) is 36.6 Å². The number of halogens is 5. The van der Waals surface area contributed by atoms with Crippen molar-refractivity contribution in [2.24, 2.45) is 5.92 Å². The number of aromatic carboxylic acids is 1. The molecule has 3 aliphatic rings. The van der Waals surface area contributed by atoms with E-state index in [0.29, 0.717) is 50.8 Å². The molecule has 1 saturated carbocycles. The van der Waals surface area contributed by atoms with E-state index in [-0.39, 0.29) is 35.5 Å². The highest BCUT2D eigenvalue weighted by atomic mass is 19.4. The van der Waals surface area contributed by atoms with Crippen molar-refractivity contribution < 1.29 is 41.4 Å². The summed E-state index contributed by atoms with van der Waals surface area (Å²) in [5.74, 6) is -3.46. The van der Waals surface area contributed by atoms with Gasteiger partial charge in [0, 0.05) is 44.5 Å². The monoisotopic (exact) mass is 581 g/mol. The minimum absolute atomic E-state index is 0.0241. The standard InChI is InChI=1S/C29H32F5N3O4/c30-21-13-18(12-20(14-21)29(32,33)34)16-35-27(40)28(19-2-3-19)7-6-23(17-41-28)37-9-1-8-36(10-11-37)22-4-5-25(31)24(15-22)26(38)39/h4-5,12-15,19,23H,1-3,6-11,16-17H2,(H,35,40)(H,38,39)/t23?,28-/m0/s1. The molecule has 222 valence electrons. The average Bonchev–Trinajstić information content (AvgIpc) is 3.79. The van der Waals surface area contributed by atoms with Crippen LogP contribution in [0.25, 0.3) is 0 Å². The van der Waals surface area contributed by atoms with E-state index in [0.717, 1.165) is 37.9 Å². The molecule has 0 spiro atoms. The Morgan fingerprint density at radius 3 is 2.46 bits per heavy atom. The summed E-state index contributed by atoms with van der Waals surface area (Å²) < 4.78 is 73.2. The molecule has 0 bridgehead atoms. The molecule has 1 amide bonds. The molecule has 12 heteroatoms. The summed E-state index contributed by atoms with van der Waals surface area (Å²) in [6.07, 6.45) is -1.08. The number of carboxylic acid groups (broad SMARTS) is 1. The van der Waals surface area contributed by atoms with E-state index in [4.69, 9.17) is 4.74 Å². The largest absolute Gasteiger partial charge is 0.478 e. The lowest BCUT2D eigenvalue weighted by molar-refractivity contribution is -0.164. The number of nitrogens with one attached hydrogen (secondary N) is 1. The lowest BCUT2D eigenvalue weighted by atomic mass is 9.85. The summed E-state index contributed by atoms with van der Waals surface area (Å²) in [5, 5.41) is 12.0. The van der Waals surface area contributed by atoms with E-state index in [1.807, 2.05) is 4.90 Å². The molecule has 2 aliphatic heterocycles. The van der Waals surface area contributed by atoms with Gasteiger partial charge in [0.1, 0.15) is 17.2 Å². The highest BCUT2D eigenvalue weighted by Crippen LogP contribution is 2.47. The van der Waals surface area contributed by atoms with Gasteiger partial charge in [-0.2, -0.15) is 13.2 Å². The number of amides is 1. The molecule has 2 aromatic rings. The van der Waals surface area contributed by atoms with E-state index in [1.54, 1.807) is 6.07 Å². The van der Waals surface area contributed by atoms with E-state index < -0.39 is 34.9 Å². The number of benzene rings is 2. The van der Waals surface area contributed by atoms with Gasteiger partial charge in [-0.15, -0.1) is 0 Å². The van der Waals surface area contributed by atoms with Crippen LogP contribution in [0.2, 0.25) is 0 Å². The van der Waals surface area contributed by atoms with Gasteiger partial charge in [0.25, 0.3) is 5.91 Å². The maximum absolute atomic E-state index is 13.9. The van der Waals surface area contributed by atoms with Gasteiger partial charge in [0.15, 0.2) is 0 Å². The number of rotatable bonds is 7. The molecule has 0 aromatic heterocycles. The van der Waals surface area contributed by atoms with E-state index in [2.05, 4.69) is 10.2 Å². The highest BCUT2D eigenvalue weighted by Gasteiger charge is 2.54. The molecule has 0 radical (unpaired) electrons. The number of hydrogen-bond acceptors (Lipinski definition) is 5. The number of nitrogens with zero attached hydrogens (tertiary/aromatic N) is 2. The number of hydrogen-bond donors (Lipinski definition) is 2. The van der Waals surface area contributed by atoms with Crippen LogP contribution >= 0.6 is 0 Å². The number of carbonyl (C=O) groups is 2. The van der Waals surface area contributed by atoms with Crippen molar-refractivity contribution in [3.05, 3.63) is 64.7 Å². The van der Waals surface area contributed by atoms with Gasteiger partial charge in [0.2, 0.25) is 0 Å². The Bertz CT molecular complexity index is 1290. The summed E-state index contributed by atoms with van der Waals surface area (Å²) >= 11 is 0. The molecule has 2 heterocycles. The number of carboxylic acids is 1. The van der Waals surface area contributed by atoms with Crippen LogP contribution in [0.4, 0.5) is 27.6 Å². The Morgan fingerprint density at radius 2 is 1.80 bits per heavy atom. The van der Waals surface area contributed by atoms with Crippen molar-refractivity contribution in [2.75, 3.05) is 37.7 Å². The second kappa shape index (κ2) is 11.6. The van der Waals surface area contributed by atoms with Gasteiger partial charge in [-0.3, -0.25) is 9.69 Å². The molecule has 41 heavy (non-hydrogen) atoms. The van der Waals surface area contributed by atoms with Crippen molar-refractivity contribution in [2.45, 2.75) is 56.5 Å². The first-order chi connectivity index (χ1) is 19.5. The third kappa shape index (κ3) is 6.48. The third-order valence-electron chi connectivity index (χ3n) is 8.33. The Labute approximate surface area is 234 Å². The van der Waals surface area contributed by atoms with Crippen LogP contribution in [0.15, 0.2) is 36.4 Å². The molecule has 1 unspecified atom stereocenters. The van der Waals surface area contributed by atoms with Crippen molar-refractivity contribution >= 4 is 17.6 Å². The Kier molecular flexibility index (Phi) is 8.24. The first-order valence-electron chi connectivity index (χ1n) is 13.8. The van der Waals surface area contributed by atoms with Crippen molar-refractivity contribution in [1.29, 1.82) is 0 Å². The van der Waals surface area contributed by atoms with Gasteiger partial charge in [-0.05, 0) is 80.0 Å². The molecule has 1 aliphatic carbocycles. The van der Waals surface area contributed by atoms with Crippen LogP contribution in [-0.2, 0) is 22.3 Å². The predicted octanol–water partition coefficient (Wildman–Crippen LogP) is 4.84. The van der Waals surface area contributed by atoms with Gasteiger partial charge < -0.3 is 20.1 Å². The topological polar surface area (TPSA) is 82.1 Å². The van der Waals surface area contributed by atoms with Gasteiger partial charge >= 0.3 is 12.1 Å². The van der Waals surface area contributed by atoms with E-state index >= 15 is 0 Å². The average molecular weight is 582 g/mol. The predicted molar refractivity (Wildman–Crippen MR) is 139 cm³/mol. The second-order valence-electron chi connectivity index (χ2n) is 11.0. The van der Waals surface area contributed by atoms with Gasteiger partial charge in [0.05, 0.1) is 17.7 Å². The summed E-state index contributed by atoms with van der Waals surface area (Å²) in [4.78, 5) is 29.0. The number of ether oxygens (including phenoxy) is 1. The fourth-order valence-corrected chi connectivity index (χ4v) is 5.99. The molecule has 2 aromatic carbocycles. The maximum atomic E-state index is 13.9. The van der Waals surface area contributed by atoms with Crippen LogP contribution in [-0.4, -0.2) is 66.3 Å². The highest BCUT2D eigenvalue weighted by molar-refractivity contribution is 5.89. The maximum Gasteiger partial charge on any atom is 0.416 e. The fourth-order valence-electron chi connectivity index (χ4n) is 5.99. The molecule has 2 N–H and O–H groups in total. The van der Waals surface area contributed by atoms with Gasteiger partial charge in [-0.25, -0.2) is 13.6 Å². The zero-order chi connectivity index (χ0) is 29.4. The zero-order valence-electron chi connectivity index (χ0n) is 22.4. The molecule has 5 rings (SSSR count). The summed E-state index contributed by atoms with van der Waals surface area (Å²) in [7, 11) is 0. The van der Waals surface area contributed by atoms with Crippen LogP contribution in [0.5, 0.6) is 0 Å². The number of alkyl halides is 3. The molecular formula is C29H32F5N3O4. The molecule has 7 nitrogen and oxygen atoms in total. The van der Waals surface area contributed by atoms with E-state index in [1.165, 1.54) is 12.1 Å². The normalized spacial score (nSPS) is 24.1. The number of carbonyl (C=O) groups excluding carboxylic acids is 1. The quantitative estimate of drug-likeness (QED) is 0.456. The third-order valence-corrected chi connectivity index (χ3v) is 8.33.